The van der Waals surface area contributed by atoms with Crippen LogP contribution in [0.25, 0.3) is 0 Å². The molecule has 2 amide bonds. The highest BCUT2D eigenvalue weighted by Gasteiger charge is 2.31. The van der Waals surface area contributed by atoms with Crippen molar-refractivity contribution in [1.29, 1.82) is 0 Å². The minimum absolute atomic E-state index is 0.0750. The third-order valence-corrected chi connectivity index (χ3v) is 5.41. The van der Waals surface area contributed by atoms with E-state index in [2.05, 4.69) is 15.4 Å². The molecule has 0 bridgehead atoms. The summed E-state index contributed by atoms with van der Waals surface area (Å²) in [6, 6.07) is 5.69. The lowest BCUT2D eigenvalue weighted by atomic mass is 10.1. The van der Waals surface area contributed by atoms with E-state index in [4.69, 9.17) is 11.6 Å². The molecule has 0 aliphatic rings. The molecule has 0 radical (unpaired) electrons. The van der Waals surface area contributed by atoms with Gasteiger partial charge < -0.3 is 10.6 Å². The average molecular weight is 450 g/mol. The van der Waals surface area contributed by atoms with Gasteiger partial charge in [-0.2, -0.15) is 13.2 Å². The molecule has 0 saturated carbocycles. The van der Waals surface area contributed by atoms with Crippen LogP contribution < -0.4 is 15.4 Å². The summed E-state index contributed by atoms with van der Waals surface area (Å²) in [5.41, 5.74) is -1.75. The summed E-state index contributed by atoms with van der Waals surface area (Å²) in [7, 11) is -2.72. The summed E-state index contributed by atoms with van der Waals surface area (Å²) in [4.78, 5) is 23.6. The number of sulfonamides is 1. The van der Waals surface area contributed by atoms with E-state index in [0.29, 0.717) is 6.07 Å². The van der Waals surface area contributed by atoms with Crippen LogP contribution in [0.4, 0.5) is 24.5 Å². The summed E-state index contributed by atoms with van der Waals surface area (Å²) in [5.74, 6) is -1.53. The van der Waals surface area contributed by atoms with Gasteiger partial charge in [-0.1, -0.05) is 11.6 Å². The Morgan fingerprint density at radius 1 is 1.00 bits per heavy atom. The minimum atomic E-state index is -4.69. The van der Waals surface area contributed by atoms with Crippen LogP contribution in [0.3, 0.4) is 0 Å². The number of amides is 2. The molecular weight excluding hydrogens is 435 g/mol. The van der Waals surface area contributed by atoms with E-state index in [1.807, 2.05) is 0 Å². The molecule has 2 rings (SSSR count). The quantitative estimate of drug-likeness (QED) is 0.650. The molecule has 29 heavy (non-hydrogen) atoms. The fraction of sp³-hybridized carbons (Fsp3) is 0.176. The third-order valence-electron chi connectivity index (χ3n) is 3.67. The molecule has 0 aliphatic carbocycles. The van der Waals surface area contributed by atoms with Crippen molar-refractivity contribution in [3.63, 3.8) is 0 Å². The second-order valence-corrected chi connectivity index (χ2v) is 8.04. The SMILES string of the molecule is CNS(=O)(=O)c1ccc(Cl)c(C(=O)Nc2cc(C(F)(F)F)ccc2NC(C)=O)c1. The van der Waals surface area contributed by atoms with Crippen LogP contribution in [-0.4, -0.2) is 27.3 Å². The van der Waals surface area contributed by atoms with Gasteiger partial charge in [0.15, 0.2) is 0 Å². The first-order valence-electron chi connectivity index (χ1n) is 7.88. The summed E-state index contributed by atoms with van der Waals surface area (Å²) < 4.78 is 65.0. The highest BCUT2D eigenvalue weighted by atomic mass is 35.5. The topological polar surface area (TPSA) is 104 Å². The highest BCUT2D eigenvalue weighted by Crippen LogP contribution is 2.34. The van der Waals surface area contributed by atoms with E-state index >= 15 is 0 Å². The van der Waals surface area contributed by atoms with E-state index in [-0.39, 0.29) is 26.9 Å². The van der Waals surface area contributed by atoms with Gasteiger partial charge in [0, 0.05) is 6.92 Å². The Morgan fingerprint density at radius 2 is 1.66 bits per heavy atom. The molecule has 0 heterocycles. The molecule has 0 aliphatic heterocycles. The normalized spacial score (nSPS) is 11.8. The molecule has 2 aromatic carbocycles. The van der Waals surface area contributed by atoms with Crippen LogP contribution in [0, 0.1) is 0 Å². The molecule has 0 aromatic heterocycles. The second-order valence-electron chi connectivity index (χ2n) is 5.74. The van der Waals surface area contributed by atoms with E-state index in [9.17, 15) is 31.2 Å². The maximum atomic E-state index is 13.0. The average Bonchev–Trinajstić information content (AvgIpc) is 2.61. The van der Waals surface area contributed by atoms with Gasteiger partial charge in [-0.3, -0.25) is 9.59 Å². The maximum absolute atomic E-state index is 13.0. The molecule has 0 fully saturated rings. The molecule has 0 atom stereocenters. The second kappa shape index (κ2) is 8.39. The predicted octanol–water partition coefficient (Wildman–Crippen LogP) is 3.48. The number of hydrogen-bond acceptors (Lipinski definition) is 4. The number of benzene rings is 2. The zero-order valence-corrected chi connectivity index (χ0v) is 16.6. The number of rotatable bonds is 5. The molecule has 156 valence electrons. The van der Waals surface area contributed by atoms with Gasteiger partial charge in [-0.05, 0) is 43.4 Å². The standard InChI is InChI=1S/C17H15ClF3N3O4S/c1-9(25)23-14-6-3-10(17(19,20)21)7-15(14)24-16(26)12-8-11(4-5-13(12)18)29(27,28)22-2/h3-8,22H,1-2H3,(H,23,25)(H,24,26). The van der Waals surface area contributed by atoms with Gasteiger partial charge in [-0.15, -0.1) is 0 Å². The highest BCUT2D eigenvalue weighted by molar-refractivity contribution is 7.89. The summed E-state index contributed by atoms with van der Waals surface area (Å²) in [6.45, 7) is 1.15. The Bertz CT molecular complexity index is 1070. The van der Waals surface area contributed by atoms with Gasteiger partial charge in [-0.25, -0.2) is 13.1 Å². The van der Waals surface area contributed by atoms with Gasteiger partial charge in [0.2, 0.25) is 15.9 Å². The largest absolute Gasteiger partial charge is 0.416 e. The maximum Gasteiger partial charge on any atom is 0.416 e. The number of carbonyl (C=O) groups excluding carboxylic acids is 2. The van der Waals surface area contributed by atoms with Crippen molar-refractivity contribution < 1.29 is 31.2 Å². The van der Waals surface area contributed by atoms with Crippen molar-refractivity contribution in [3.05, 3.63) is 52.5 Å². The van der Waals surface area contributed by atoms with Crippen LogP contribution in [0.1, 0.15) is 22.8 Å². The first kappa shape index (κ1) is 22.7. The molecule has 3 N–H and O–H groups in total. The fourth-order valence-corrected chi connectivity index (χ4v) is 3.23. The zero-order valence-electron chi connectivity index (χ0n) is 15.0. The van der Waals surface area contributed by atoms with Crippen LogP contribution in [-0.2, 0) is 21.0 Å². The van der Waals surface area contributed by atoms with Crippen molar-refractivity contribution in [3.8, 4) is 0 Å². The minimum Gasteiger partial charge on any atom is -0.325 e. The fourth-order valence-electron chi connectivity index (χ4n) is 2.28. The van der Waals surface area contributed by atoms with Gasteiger partial charge >= 0.3 is 6.18 Å². The van der Waals surface area contributed by atoms with Crippen molar-refractivity contribution in [2.45, 2.75) is 18.0 Å². The Labute approximate surface area is 169 Å². The molecular formula is C17H15ClF3N3O4S. The van der Waals surface area contributed by atoms with Gasteiger partial charge in [0.05, 0.1) is 32.4 Å². The van der Waals surface area contributed by atoms with Gasteiger partial charge in [0.25, 0.3) is 5.91 Å². The summed E-state index contributed by atoms with van der Waals surface area (Å²) >= 11 is 5.95. The number of carbonyl (C=O) groups is 2. The zero-order chi connectivity index (χ0) is 22.0. The first-order valence-corrected chi connectivity index (χ1v) is 9.74. The Balaban J connectivity index is 2.49. The molecule has 7 nitrogen and oxygen atoms in total. The number of halogens is 4. The van der Waals surface area contributed by atoms with Crippen molar-refractivity contribution in [2.75, 3.05) is 17.7 Å². The van der Waals surface area contributed by atoms with Crippen molar-refractivity contribution >= 4 is 44.8 Å². The van der Waals surface area contributed by atoms with E-state index < -0.39 is 33.6 Å². The smallest absolute Gasteiger partial charge is 0.325 e. The van der Waals surface area contributed by atoms with E-state index in [0.717, 1.165) is 31.2 Å². The van der Waals surface area contributed by atoms with Crippen LogP contribution in [0.15, 0.2) is 41.3 Å². The van der Waals surface area contributed by atoms with Crippen LogP contribution in [0.2, 0.25) is 5.02 Å². The monoisotopic (exact) mass is 449 g/mol. The molecule has 0 saturated heterocycles. The molecule has 0 unspecified atom stereocenters. The Hall–Kier alpha value is -2.63. The Morgan fingerprint density at radius 3 is 2.21 bits per heavy atom. The van der Waals surface area contributed by atoms with Crippen molar-refractivity contribution in [2.24, 2.45) is 0 Å². The van der Waals surface area contributed by atoms with Crippen LogP contribution >= 0.6 is 11.6 Å². The van der Waals surface area contributed by atoms with Crippen LogP contribution in [0.5, 0.6) is 0 Å². The lowest BCUT2D eigenvalue weighted by molar-refractivity contribution is -0.137. The Kier molecular flexibility index (Phi) is 6.56. The van der Waals surface area contributed by atoms with E-state index in [1.54, 1.807) is 0 Å². The lowest BCUT2D eigenvalue weighted by Crippen LogP contribution is -2.20. The number of alkyl halides is 3. The summed E-state index contributed by atoms with van der Waals surface area (Å²) in [5, 5.41) is 4.42. The molecule has 0 spiro atoms. The number of hydrogen-bond donors (Lipinski definition) is 3. The third kappa shape index (κ3) is 5.46. The molecule has 2 aromatic rings. The number of nitrogens with one attached hydrogen (secondary N) is 3. The molecule has 12 heteroatoms. The summed E-state index contributed by atoms with van der Waals surface area (Å²) in [6.07, 6.45) is -4.69. The number of anilines is 2. The first-order chi connectivity index (χ1) is 13.3. The van der Waals surface area contributed by atoms with Crippen molar-refractivity contribution in [1.82, 2.24) is 4.72 Å². The van der Waals surface area contributed by atoms with E-state index in [1.165, 1.54) is 13.1 Å². The lowest BCUT2D eigenvalue weighted by Gasteiger charge is -2.15. The predicted molar refractivity (Wildman–Crippen MR) is 101 cm³/mol. The van der Waals surface area contributed by atoms with Gasteiger partial charge in [0.1, 0.15) is 0 Å².